The van der Waals surface area contributed by atoms with Gasteiger partial charge in [0.25, 0.3) is 0 Å². The van der Waals surface area contributed by atoms with Crippen molar-refractivity contribution in [3.63, 3.8) is 0 Å². The van der Waals surface area contributed by atoms with E-state index in [-0.39, 0.29) is 23.6 Å². The number of cyclic esters (lactones) is 1. The predicted octanol–water partition coefficient (Wildman–Crippen LogP) is 3.01. The van der Waals surface area contributed by atoms with Crippen molar-refractivity contribution in [1.29, 1.82) is 0 Å². The number of esters is 1. The Balaban J connectivity index is 1.86. The summed E-state index contributed by atoms with van der Waals surface area (Å²) in [6.07, 6.45) is 1.03. The van der Waals surface area contributed by atoms with E-state index in [0.29, 0.717) is 48.2 Å². The molecule has 2 aromatic carbocycles. The summed E-state index contributed by atoms with van der Waals surface area (Å²) in [4.78, 5) is 12.5. The molecule has 0 saturated carbocycles. The molecule has 8 nitrogen and oxygen atoms in total. The Hall–Kier alpha value is -3.29. The molecule has 2 atom stereocenters. The van der Waals surface area contributed by atoms with Crippen LogP contribution in [-0.4, -0.2) is 53.2 Å². The zero-order valence-corrected chi connectivity index (χ0v) is 18.4. The Morgan fingerprint density at radius 2 is 1.29 bits per heavy atom. The third-order valence-corrected chi connectivity index (χ3v) is 5.53. The first kappa shape index (κ1) is 22.4. The smallest absolute Gasteiger partial charge is 0.309 e. The molecular formula is C23H28O8. The highest BCUT2D eigenvalue weighted by molar-refractivity contribution is 5.75. The van der Waals surface area contributed by atoms with Gasteiger partial charge in [-0.2, -0.15) is 0 Å². The fourth-order valence-corrected chi connectivity index (χ4v) is 3.93. The molecule has 1 N–H and O–H groups in total. The Morgan fingerprint density at radius 3 is 1.77 bits per heavy atom. The third-order valence-electron chi connectivity index (χ3n) is 5.53. The van der Waals surface area contributed by atoms with Gasteiger partial charge in [0.05, 0.1) is 48.1 Å². The molecule has 8 heteroatoms. The SMILES string of the molecule is COc1cc(C[C@H]2C(=O)OC[C@H]2Cc2cc(OC)c(OC)c(OC)c2)cc(OC)c1O. The molecular weight excluding hydrogens is 404 g/mol. The minimum atomic E-state index is -0.349. The van der Waals surface area contributed by atoms with Gasteiger partial charge >= 0.3 is 5.97 Å². The Kier molecular flexibility index (Phi) is 6.99. The lowest BCUT2D eigenvalue weighted by molar-refractivity contribution is -0.141. The minimum absolute atomic E-state index is 0.0406. The highest BCUT2D eigenvalue weighted by Crippen LogP contribution is 2.41. The molecule has 0 aromatic heterocycles. The summed E-state index contributed by atoms with van der Waals surface area (Å²) >= 11 is 0. The molecule has 3 rings (SSSR count). The summed E-state index contributed by atoms with van der Waals surface area (Å²) in [6, 6.07) is 7.18. The van der Waals surface area contributed by atoms with Crippen LogP contribution in [0.4, 0.5) is 0 Å². The first-order valence-electron chi connectivity index (χ1n) is 9.85. The van der Waals surface area contributed by atoms with Crippen molar-refractivity contribution in [2.24, 2.45) is 11.8 Å². The maximum absolute atomic E-state index is 12.5. The molecule has 0 bridgehead atoms. The number of methoxy groups -OCH3 is 5. The summed E-state index contributed by atoms with van der Waals surface area (Å²) in [5.74, 6) is 1.52. The van der Waals surface area contributed by atoms with Crippen molar-refractivity contribution in [1.82, 2.24) is 0 Å². The second kappa shape index (κ2) is 9.68. The number of rotatable bonds is 9. The lowest BCUT2D eigenvalue weighted by atomic mass is 9.84. The highest BCUT2D eigenvalue weighted by Gasteiger charge is 2.37. The largest absolute Gasteiger partial charge is 0.502 e. The predicted molar refractivity (Wildman–Crippen MR) is 113 cm³/mol. The van der Waals surface area contributed by atoms with Crippen LogP contribution >= 0.6 is 0 Å². The Morgan fingerprint density at radius 1 is 0.806 bits per heavy atom. The molecule has 31 heavy (non-hydrogen) atoms. The average molecular weight is 432 g/mol. The van der Waals surface area contributed by atoms with Gasteiger partial charge in [0.15, 0.2) is 23.0 Å². The normalized spacial score (nSPS) is 17.8. The number of phenolic OH excluding ortho intramolecular Hbond substituents is 1. The van der Waals surface area contributed by atoms with E-state index in [9.17, 15) is 9.90 Å². The van der Waals surface area contributed by atoms with E-state index in [1.54, 1.807) is 33.5 Å². The van der Waals surface area contributed by atoms with Gasteiger partial charge in [0.2, 0.25) is 11.5 Å². The number of benzene rings is 2. The molecule has 2 aromatic rings. The van der Waals surface area contributed by atoms with E-state index in [4.69, 9.17) is 28.4 Å². The second-order valence-electron chi connectivity index (χ2n) is 7.29. The molecule has 0 unspecified atom stereocenters. The van der Waals surface area contributed by atoms with E-state index in [1.807, 2.05) is 12.1 Å². The summed E-state index contributed by atoms with van der Waals surface area (Å²) < 4.78 is 32.1. The maximum atomic E-state index is 12.5. The molecule has 1 heterocycles. The van der Waals surface area contributed by atoms with Gasteiger partial charge in [-0.1, -0.05) is 0 Å². The van der Waals surface area contributed by atoms with Gasteiger partial charge in [-0.05, 0) is 48.2 Å². The zero-order chi connectivity index (χ0) is 22.5. The Labute approximate surface area is 181 Å². The molecule has 1 aliphatic heterocycles. The molecule has 168 valence electrons. The quantitative estimate of drug-likeness (QED) is 0.605. The monoisotopic (exact) mass is 432 g/mol. The number of phenols is 1. The third kappa shape index (κ3) is 4.57. The summed E-state index contributed by atoms with van der Waals surface area (Å²) in [5, 5.41) is 10.1. The fourth-order valence-electron chi connectivity index (χ4n) is 3.93. The minimum Gasteiger partial charge on any atom is -0.502 e. The van der Waals surface area contributed by atoms with Crippen molar-refractivity contribution in [2.75, 3.05) is 42.2 Å². The van der Waals surface area contributed by atoms with Crippen molar-refractivity contribution in [2.45, 2.75) is 12.8 Å². The van der Waals surface area contributed by atoms with E-state index in [2.05, 4.69) is 0 Å². The van der Waals surface area contributed by atoms with E-state index < -0.39 is 0 Å². The number of carbonyl (C=O) groups excluding carboxylic acids is 1. The number of carbonyl (C=O) groups is 1. The van der Waals surface area contributed by atoms with Crippen molar-refractivity contribution >= 4 is 5.97 Å². The Bertz CT molecular complexity index is 889. The number of hydrogen-bond acceptors (Lipinski definition) is 8. The molecule has 1 saturated heterocycles. The van der Waals surface area contributed by atoms with E-state index >= 15 is 0 Å². The molecule has 0 aliphatic carbocycles. The molecule has 1 fully saturated rings. The molecule has 0 spiro atoms. The average Bonchev–Trinajstić information content (AvgIpc) is 3.12. The van der Waals surface area contributed by atoms with Crippen LogP contribution in [0.3, 0.4) is 0 Å². The van der Waals surface area contributed by atoms with Crippen LogP contribution in [-0.2, 0) is 22.4 Å². The van der Waals surface area contributed by atoms with Gasteiger partial charge < -0.3 is 33.5 Å². The summed E-state index contributed by atoms with van der Waals surface area (Å²) in [6.45, 7) is 0.326. The van der Waals surface area contributed by atoms with Crippen molar-refractivity contribution in [3.8, 4) is 34.5 Å². The number of hydrogen-bond donors (Lipinski definition) is 1. The van der Waals surface area contributed by atoms with Gasteiger partial charge in [-0.3, -0.25) is 4.79 Å². The summed E-state index contributed by atoms with van der Waals surface area (Å²) in [7, 11) is 7.62. The molecule has 1 aliphatic rings. The van der Waals surface area contributed by atoms with Gasteiger partial charge in [-0.25, -0.2) is 0 Å². The summed E-state index contributed by atoms with van der Waals surface area (Å²) in [5.41, 5.74) is 1.76. The second-order valence-corrected chi connectivity index (χ2v) is 7.29. The standard InChI is InChI=1S/C23H28O8/c1-26-17-8-14(9-18(27-2)21(17)24)7-16-15(12-31-23(16)25)6-13-10-19(28-3)22(30-5)20(11-13)29-4/h8-11,15-16,24H,6-7,12H2,1-5H3/t15-,16-/m1/s1. The van der Waals surface area contributed by atoms with Crippen LogP contribution in [0.15, 0.2) is 24.3 Å². The van der Waals surface area contributed by atoms with Crippen LogP contribution < -0.4 is 23.7 Å². The van der Waals surface area contributed by atoms with Gasteiger partial charge in [0.1, 0.15) is 0 Å². The van der Waals surface area contributed by atoms with Gasteiger partial charge in [0, 0.05) is 5.92 Å². The first-order valence-corrected chi connectivity index (χ1v) is 9.85. The molecule has 0 radical (unpaired) electrons. The van der Waals surface area contributed by atoms with E-state index in [0.717, 1.165) is 11.1 Å². The lowest BCUT2D eigenvalue weighted by Gasteiger charge is -2.19. The molecule has 0 amide bonds. The van der Waals surface area contributed by atoms with Crippen LogP contribution in [0.1, 0.15) is 11.1 Å². The number of aromatic hydroxyl groups is 1. The van der Waals surface area contributed by atoms with Crippen LogP contribution in [0.5, 0.6) is 34.5 Å². The zero-order valence-electron chi connectivity index (χ0n) is 18.4. The van der Waals surface area contributed by atoms with Crippen molar-refractivity contribution < 1.29 is 38.3 Å². The maximum Gasteiger partial charge on any atom is 0.309 e. The number of ether oxygens (including phenoxy) is 6. The van der Waals surface area contributed by atoms with E-state index in [1.165, 1.54) is 14.2 Å². The van der Waals surface area contributed by atoms with Crippen LogP contribution in [0.25, 0.3) is 0 Å². The van der Waals surface area contributed by atoms with Crippen molar-refractivity contribution in [3.05, 3.63) is 35.4 Å². The highest BCUT2D eigenvalue weighted by atomic mass is 16.5. The fraction of sp³-hybridized carbons (Fsp3) is 0.435. The first-order chi connectivity index (χ1) is 14.9. The van der Waals surface area contributed by atoms with Crippen LogP contribution in [0.2, 0.25) is 0 Å². The lowest BCUT2D eigenvalue weighted by Crippen LogP contribution is -2.21. The topological polar surface area (TPSA) is 92.7 Å². The van der Waals surface area contributed by atoms with Crippen LogP contribution in [0, 0.1) is 11.8 Å². The van der Waals surface area contributed by atoms with Gasteiger partial charge in [-0.15, -0.1) is 0 Å².